The number of hydrogen-bond acceptors (Lipinski definition) is 2. The predicted molar refractivity (Wildman–Crippen MR) is 70.4 cm³/mol. The second kappa shape index (κ2) is 7.25. The van der Waals surface area contributed by atoms with Crippen LogP contribution in [0.25, 0.3) is 0 Å². The average Bonchev–Trinajstić information content (AvgIpc) is 2.48. The van der Waals surface area contributed by atoms with Crippen LogP contribution in [0.4, 0.5) is 0 Å². The van der Waals surface area contributed by atoms with E-state index in [9.17, 15) is 9.59 Å². The lowest BCUT2D eigenvalue weighted by molar-refractivity contribution is -0.123. The monoisotopic (exact) mass is 239 g/mol. The largest absolute Gasteiger partial charge is 0.289 e. The number of hydrogen-bond donors (Lipinski definition) is 1. The molecule has 0 aliphatic carbocycles. The fourth-order valence-corrected chi connectivity index (χ4v) is 2.24. The molecule has 17 heavy (non-hydrogen) atoms. The molecule has 0 saturated carbocycles. The summed E-state index contributed by atoms with van der Waals surface area (Å²) >= 11 is 0. The Bertz CT molecular complexity index is 275. The van der Waals surface area contributed by atoms with Gasteiger partial charge in [-0.2, -0.15) is 0 Å². The van der Waals surface area contributed by atoms with Crippen LogP contribution in [0, 0.1) is 11.3 Å². The van der Waals surface area contributed by atoms with Crippen LogP contribution in [0.3, 0.4) is 0 Å². The molecule has 0 aromatic heterocycles. The third kappa shape index (κ3) is 8.66. The molecule has 2 amide bonds. The predicted octanol–water partition coefficient (Wildman–Crippen LogP) is 3.06. The van der Waals surface area contributed by atoms with E-state index >= 15 is 0 Å². The Kier molecular flexibility index (Phi) is 6.78. The molecule has 1 heterocycles. The molecule has 1 aliphatic rings. The van der Waals surface area contributed by atoms with Crippen LogP contribution in [0.15, 0.2) is 12.2 Å². The van der Waals surface area contributed by atoms with Crippen LogP contribution < -0.4 is 5.32 Å². The average molecular weight is 239 g/mol. The Morgan fingerprint density at radius 2 is 1.65 bits per heavy atom. The molecule has 0 atom stereocenters. The zero-order valence-corrected chi connectivity index (χ0v) is 11.7. The molecule has 0 spiro atoms. The number of nitrogens with one attached hydrogen (secondary N) is 1. The lowest BCUT2D eigenvalue weighted by Gasteiger charge is -2.25. The minimum atomic E-state index is -0.329. The summed E-state index contributed by atoms with van der Waals surface area (Å²) in [6.07, 6.45) is 6.44. The van der Waals surface area contributed by atoms with Crippen LogP contribution >= 0.6 is 0 Å². The van der Waals surface area contributed by atoms with Crippen molar-refractivity contribution in [1.29, 1.82) is 0 Å². The SMILES string of the molecule is CCCC(C)(C)CC(C)C.O=C1C=CC(=O)N1. The van der Waals surface area contributed by atoms with Crippen molar-refractivity contribution < 1.29 is 9.59 Å². The van der Waals surface area contributed by atoms with Crippen LogP contribution in [-0.2, 0) is 9.59 Å². The lowest BCUT2D eigenvalue weighted by Crippen LogP contribution is -2.19. The van der Waals surface area contributed by atoms with Gasteiger partial charge in [0.25, 0.3) is 11.8 Å². The van der Waals surface area contributed by atoms with Crippen molar-refractivity contribution in [1.82, 2.24) is 5.32 Å². The first-order chi connectivity index (χ1) is 7.76. The molecule has 0 unspecified atom stereocenters. The summed E-state index contributed by atoms with van der Waals surface area (Å²) in [5.41, 5.74) is 0.572. The van der Waals surface area contributed by atoms with E-state index in [1.807, 2.05) is 5.32 Å². The maximum Gasteiger partial charge on any atom is 0.250 e. The van der Waals surface area contributed by atoms with E-state index in [4.69, 9.17) is 0 Å². The fraction of sp³-hybridized carbons (Fsp3) is 0.714. The van der Waals surface area contributed by atoms with E-state index in [2.05, 4.69) is 34.6 Å². The molecule has 1 N–H and O–H groups in total. The molecule has 0 radical (unpaired) electrons. The van der Waals surface area contributed by atoms with Crippen molar-refractivity contribution in [3.05, 3.63) is 12.2 Å². The third-order valence-corrected chi connectivity index (χ3v) is 2.52. The molecule has 1 rings (SSSR count). The molecular formula is C14H25NO2. The second-order valence-corrected chi connectivity index (χ2v) is 5.70. The van der Waals surface area contributed by atoms with Gasteiger partial charge in [-0.15, -0.1) is 0 Å². The van der Waals surface area contributed by atoms with Crippen LogP contribution in [0.1, 0.15) is 53.9 Å². The number of rotatable bonds is 4. The minimum absolute atomic E-state index is 0.329. The summed E-state index contributed by atoms with van der Waals surface area (Å²) in [6, 6.07) is 0. The van der Waals surface area contributed by atoms with E-state index in [0.717, 1.165) is 5.92 Å². The van der Waals surface area contributed by atoms with E-state index in [-0.39, 0.29) is 11.8 Å². The van der Waals surface area contributed by atoms with Gasteiger partial charge in [-0.05, 0) is 24.2 Å². The quantitative estimate of drug-likeness (QED) is 0.766. The van der Waals surface area contributed by atoms with Crippen LogP contribution in [0.2, 0.25) is 0 Å². The van der Waals surface area contributed by atoms with Gasteiger partial charge in [0, 0.05) is 12.2 Å². The Hall–Kier alpha value is -1.12. The Balaban J connectivity index is 0.000000318. The molecule has 3 nitrogen and oxygen atoms in total. The summed E-state index contributed by atoms with van der Waals surface area (Å²) in [5.74, 6) is 0.191. The van der Waals surface area contributed by atoms with Gasteiger partial charge < -0.3 is 0 Å². The maximum absolute atomic E-state index is 10.0. The number of carbonyl (C=O) groups is 2. The van der Waals surface area contributed by atoms with Crippen molar-refractivity contribution >= 4 is 11.8 Å². The zero-order chi connectivity index (χ0) is 13.5. The summed E-state index contributed by atoms with van der Waals surface area (Å²) in [7, 11) is 0. The summed E-state index contributed by atoms with van der Waals surface area (Å²) < 4.78 is 0. The maximum atomic E-state index is 10.0. The first kappa shape index (κ1) is 15.9. The van der Waals surface area contributed by atoms with Crippen LogP contribution in [0.5, 0.6) is 0 Å². The van der Waals surface area contributed by atoms with Gasteiger partial charge in [0.05, 0.1) is 0 Å². The van der Waals surface area contributed by atoms with Crippen molar-refractivity contribution in [2.24, 2.45) is 11.3 Å². The normalized spacial score (nSPS) is 14.7. The van der Waals surface area contributed by atoms with Gasteiger partial charge in [0.15, 0.2) is 0 Å². The fourth-order valence-electron chi connectivity index (χ4n) is 2.24. The highest BCUT2D eigenvalue weighted by atomic mass is 16.2. The second-order valence-electron chi connectivity index (χ2n) is 5.70. The molecular weight excluding hydrogens is 214 g/mol. The third-order valence-electron chi connectivity index (χ3n) is 2.52. The molecule has 0 bridgehead atoms. The molecule has 0 saturated heterocycles. The molecule has 1 aliphatic heterocycles. The van der Waals surface area contributed by atoms with E-state index < -0.39 is 0 Å². The molecule has 98 valence electrons. The smallest absolute Gasteiger partial charge is 0.250 e. The van der Waals surface area contributed by atoms with Gasteiger partial charge in [-0.1, -0.05) is 41.0 Å². The summed E-state index contributed by atoms with van der Waals surface area (Å²) in [4.78, 5) is 20.1. The molecule has 0 fully saturated rings. The molecule has 0 aromatic carbocycles. The van der Waals surface area contributed by atoms with Crippen molar-refractivity contribution in [3.63, 3.8) is 0 Å². The van der Waals surface area contributed by atoms with Gasteiger partial charge in [-0.3, -0.25) is 14.9 Å². The van der Waals surface area contributed by atoms with Crippen molar-refractivity contribution in [2.75, 3.05) is 0 Å². The zero-order valence-electron chi connectivity index (χ0n) is 11.7. The number of carbonyl (C=O) groups excluding carboxylic acids is 2. The summed E-state index contributed by atoms with van der Waals surface area (Å²) in [5, 5.41) is 2.03. The van der Waals surface area contributed by atoms with Gasteiger partial charge in [-0.25, -0.2) is 0 Å². The van der Waals surface area contributed by atoms with Gasteiger partial charge in [0.2, 0.25) is 0 Å². The highest BCUT2D eigenvalue weighted by Crippen LogP contribution is 2.29. The van der Waals surface area contributed by atoms with Gasteiger partial charge in [0.1, 0.15) is 0 Å². The van der Waals surface area contributed by atoms with Crippen molar-refractivity contribution in [3.8, 4) is 0 Å². The lowest BCUT2D eigenvalue weighted by atomic mass is 9.80. The molecule has 0 aromatic rings. The van der Waals surface area contributed by atoms with Crippen LogP contribution in [-0.4, -0.2) is 11.8 Å². The van der Waals surface area contributed by atoms with Gasteiger partial charge >= 0.3 is 0 Å². The Morgan fingerprint density at radius 3 is 1.88 bits per heavy atom. The van der Waals surface area contributed by atoms with E-state index in [0.29, 0.717) is 5.41 Å². The molecule has 3 heteroatoms. The highest BCUT2D eigenvalue weighted by molar-refractivity contribution is 6.12. The highest BCUT2D eigenvalue weighted by Gasteiger charge is 2.17. The topological polar surface area (TPSA) is 46.2 Å². The number of amides is 2. The van der Waals surface area contributed by atoms with E-state index in [1.165, 1.54) is 31.4 Å². The first-order valence-electron chi connectivity index (χ1n) is 6.30. The Morgan fingerprint density at radius 1 is 1.18 bits per heavy atom. The van der Waals surface area contributed by atoms with E-state index in [1.54, 1.807) is 0 Å². The standard InChI is InChI=1S/C10H22.C4H3NO2/c1-6-7-10(4,5)8-9(2)3;6-3-1-2-4(7)5-3/h9H,6-8H2,1-5H3;1-2H,(H,5,6,7). The minimum Gasteiger partial charge on any atom is -0.289 e. The Labute approximate surface area is 105 Å². The summed E-state index contributed by atoms with van der Waals surface area (Å²) in [6.45, 7) is 11.6. The first-order valence-corrected chi connectivity index (χ1v) is 6.30. The van der Waals surface area contributed by atoms with Crippen molar-refractivity contribution in [2.45, 2.75) is 53.9 Å². The number of imide groups is 1.